The number of ether oxygens (including phenoxy) is 2. The molecule has 6 heteroatoms. The van der Waals surface area contributed by atoms with E-state index in [1.165, 1.54) is 11.3 Å². The molecule has 26 heavy (non-hydrogen) atoms. The predicted octanol–water partition coefficient (Wildman–Crippen LogP) is 4.40. The first-order chi connectivity index (χ1) is 12.6. The highest BCUT2D eigenvalue weighted by molar-refractivity contribution is 7.21. The molecular formula is C20H19NO4S. The van der Waals surface area contributed by atoms with Crippen molar-refractivity contribution in [3.63, 3.8) is 0 Å². The Hall–Kier alpha value is -2.86. The maximum absolute atomic E-state index is 12.3. The van der Waals surface area contributed by atoms with E-state index in [4.69, 9.17) is 9.47 Å². The van der Waals surface area contributed by atoms with Gasteiger partial charge >= 0.3 is 5.97 Å². The molecule has 0 saturated heterocycles. The smallest absolute Gasteiger partial charge is 0.349 e. The number of benzene rings is 2. The maximum Gasteiger partial charge on any atom is 0.349 e. The average Bonchev–Trinajstić information content (AvgIpc) is 2.99. The molecule has 1 heterocycles. The molecule has 0 aliphatic carbocycles. The molecule has 0 bridgehead atoms. The third-order valence-electron chi connectivity index (χ3n) is 3.81. The normalized spacial score (nSPS) is 10.5. The lowest BCUT2D eigenvalue weighted by Crippen LogP contribution is -2.20. The van der Waals surface area contributed by atoms with Crippen LogP contribution >= 0.6 is 11.3 Å². The first-order valence-corrected chi connectivity index (χ1v) is 9.08. The molecule has 1 aromatic heterocycles. The van der Waals surface area contributed by atoms with Gasteiger partial charge in [-0.1, -0.05) is 18.2 Å². The van der Waals surface area contributed by atoms with E-state index in [1.54, 1.807) is 24.3 Å². The highest BCUT2D eigenvalue weighted by Crippen LogP contribution is 2.30. The Kier molecular flexibility index (Phi) is 5.53. The van der Waals surface area contributed by atoms with Crippen LogP contribution in [0.15, 0.2) is 48.5 Å². The summed E-state index contributed by atoms with van der Waals surface area (Å²) < 4.78 is 11.5. The summed E-state index contributed by atoms with van der Waals surface area (Å²) in [5, 5.41) is 3.72. The zero-order valence-electron chi connectivity index (χ0n) is 14.6. The van der Waals surface area contributed by atoms with E-state index < -0.39 is 5.97 Å². The largest absolute Gasteiger partial charge is 0.494 e. The number of thiophene rings is 1. The fourth-order valence-corrected chi connectivity index (χ4v) is 3.67. The van der Waals surface area contributed by atoms with Crippen LogP contribution in [0.2, 0.25) is 0 Å². The van der Waals surface area contributed by atoms with Crippen molar-refractivity contribution in [1.82, 2.24) is 0 Å². The van der Waals surface area contributed by atoms with E-state index in [2.05, 4.69) is 5.32 Å². The summed E-state index contributed by atoms with van der Waals surface area (Å²) in [6, 6.07) is 14.8. The molecule has 0 spiro atoms. The van der Waals surface area contributed by atoms with Crippen molar-refractivity contribution in [1.29, 1.82) is 0 Å². The molecular weight excluding hydrogens is 350 g/mol. The Labute approximate surface area is 155 Å². The number of nitrogens with one attached hydrogen (secondary N) is 1. The minimum atomic E-state index is -0.481. The van der Waals surface area contributed by atoms with Crippen LogP contribution in [-0.2, 0) is 9.53 Å². The van der Waals surface area contributed by atoms with Crippen LogP contribution in [0.4, 0.5) is 5.69 Å². The summed E-state index contributed by atoms with van der Waals surface area (Å²) in [5.74, 6) is -0.135. The van der Waals surface area contributed by atoms with Crippen LogP contribution < -0.4 is 10.1 Å². The summed E-state index contributed by atoms with van der Waals surface area (Å²) in [7, 11) is 0. The molecule has 1 N–H and O–H groups in total. The summed E-state index contributed by atoms with van der Waals surface area (Å²) in [6.07, 6.45) is 0. The lowest BCUT2D eigenvalue weighted by molar-refractivity contribution is -0.119. The van der Waals surface area contributed by atoms with Crippen LogP contribution in [0.1, 0.15) is 22.2 Å². The number of esters is 1. The van der Waals surface area contributed by atoms with Gasteiger partial charge in [0.2, 0.25) is 0 Å². The van der Waals surface area contributed by atoms with Gasteiger partial charge in [0.25, 0.3) is 5.91 Å². The number of amides is 1. The van der Waals surface area contributed by atoms with Crippen LogP contribution in [0.5, 0.6) is 5.75 Å². The quantitative estimate of drug-likeness (QED) is 0.654. The topological polar surface area (TPSA) is 64.6 Å². The predicted molar refractivity (Wildman–Crippen MR) is 103 cm³/mol. The third kappa shape index (κ3) is 4.03. The second-order valence-corrected chi connectivity index (χ2v) is 6.69. The average molecular weight is 369 g/mol. The van der Waals surface area contributed by atoms with Gasteiger partial charge in [-0.25, -0.2) is 4.79 Å². The number of carbonyl (C=O) groups is 2. The Morgan fingerprint density at radius 2 is 1.81 bits per heavy atom. The van der Waals surface area contributed by atoms with Gasteiger partial charge in [0.05, 0.1) is 6.61 Å². The van der Waals surface area contributed by atoms with Gasteiger partial charge in [0, 0.05) is 10.4 Å². The number of fused-ring (bicyclic) bond motifs is 1. The monoisotopic (exact) mass is 369 g/mol. The van der Waals surface area contributed by atoms with Crippen molar-refractivity contribution in [2.45, 2.75) is 13.8 Å². The molecule has 3 rings (SSSR count). The van der Waals surface area contributed by atoms with Gasteiger partial charge in [-0.15, -0.1) is 11.3 Å². The third-order valence-corrected chi connectivity index (χ3v) is 5.07. The molecule has 0 aliphatic rings. The van der Waals surface area contributed by atoms with Crippen LogP contribution in [0, 0.1) is 6.92 Å². The van der Waals surface area contributed by atoms with Gasteiger partial charge in [0.15, 0.2) is 6.61 Å². The summed E-state index contributed by atoms with van der Waals surface area (Å²) in [6.45, 7) is 4.04. The lowest BCUT2D eigenvalue weighted by Gasteiger charge is -2.08. The number of hydrogen-bond acceptors (Lipinski definition) is 5. The highest BCUT2D eigenvalue weighted by Gasteiger charge is 2.17. The fraction of sp³-hybridized carbons (Fsp3) is 0.200. The fourth-order valence-electron chi connectivity index (χ4n) is 2.56. The lowest BCUT2D eigenvalue weighted by atomic mass is 10.1. The second-order valence-electron chi connectivity index (χ2n) is 5.63. The molecule has 0 fully saturated rings. The van der Waals surface area contributed by atoms with Crippen LogP contribution in [-0.4, -0.2) is 25.1 Å². The first-order valence-electron chi connectivity index (χ1n) is 8.26. The number of aryl methyl sites for hydroxylation is 1. The summed E-state index contributed by atoms with van der Waals surface area (Å²) >= 11 is 1.37. The molecule has 0 aliphatic heterocycles. The molecule has 2 aromatic carbocycles. The van der Waals surface area contributed by atoms with E-state index in [0.29, 0.717) is 17.2 Å². The van der Waals surface area contributed by atoms with Crippen LogP contribution in [0.25, 0.3) is 10.1 Å². The highest BCUT2D eigenvalue weighted by atomic mass is 32.1. The minimum Gasteiger partial charge on any atom is -0.494 e. The number of rotatable bonds is 6. The minimum absolute atomic E-state index is 0.334. The first kappa shape index (κ1) is 17.9. The summed E-state index contributed by atoms with van der Waals surface area (Å²) in [4.78, 5) is 24.8. The SMILES string of the molecule is CCOc1ccc(NC(=O)COC(=O)c2sc3ccccc3c2C)cc1. The van der Waals surface area contributed by atoms with Crippen molar-refractivity contribution in [2.24, 2.45) is 0 Å². The Morgan fingerprint density at radius 1 is 1.08 bits per heavy atom. The van der Waals surface area contributed by atoms with E-state index in [1.807, 2.05) is 38.1 Å². The number of carbonyl (C=O) groups excluding carboxylic acids is 2. The maximum atomic E-state index is 12.3. The van der Waals surface area contributed by atoms with Gasteiger partial charge in [-0.2, -0.15) is 0 Å². The number of hydrogen-bond donors (Lipinski definition) is 1. The molecule has 0 saturated carbocycles. The van der Waals surface area contributed by atoms with Crippen molar-refractivity contribution in [2.75, 3.05) is 18.5 Å². The van der Waals surface area contributed by atoms with Crippen molar-refractivity contribution >= 4 is 39.0 Å². The van der Waals surface area contributed by atoms with Crippen LogP contribution in [0.3, 0.4) is 0 Å². The van der Waals surface area contributed by atoms with Gasteiger partial charge < -0.3 is 14.8 Å². The van der Waals surface area contributed by atoms with Crippen molar-refractivity contribution < 1.29 is 19.1 Å². The molecule has 3 aromatic rings. The molecule has 5 nitrogen and oxygen atoms in total. The molecule has 0 unspecified atom stereocenters. The van der Waals surface area contributed by atoms with E-state index in [-0.39, 0.29) is 12.5 Å². The Balaban J connectivity index is 1.58. The molecule has 134 valence electrons. The standard InChI is InChI=1S/C20H19NO4S/c1-3-24-15-10-8-14(9-11-15)21-18(22)12-25-20(23)19-13(2)16-6-4-5-7-17(16)26-19/h4-11H,3,12H2,1-2H3,(H,21,22). The van der Waals surface area contributed by atoms with Crippen molar-refractivity contribution in [3.05, 3.63) is 59.0 Å². The van der Waals surface area contributed by atoms with Crippen molar-refractivity contribution in [3.8, 4) is 5.75 Å². The second kappa shape index (κ2) is 8.01. The molecule has 0 radical (unpaired) electrons. The number of anilines is 1. The summed E-state index contributed by atoms with van der Waals surface area (Å²) in [5.41, 5.74) is 1.50. The van der Waals surface area contributed by atoms with E-state index in [9.17, 15) is 9.59 Å². The zero-order chi connectivity index (χ0) is 18.5. The van der Waals surface area contributed by atoms with Gasteiger partial charge in [-0.3, -0.25) is 4.79 Å². The molecule has 0 atom stereocenters. The zero-order valence-corrected chi connectivity index (χ0v) is 15.4. The van der Waals surface area contributed by atoms with Gasteiger partial charge in [-0.05, 0) is 55.1 Å². The van der Waals surface area contributed by atoms with Gasteiger partial charge in [0.1, 0.15) is 10.6 Å². The Morgan fingerprint density at radius 3 is 2.50 bits per heavy atom. The Bertz CT molecular complexity index is 931. The van der Waals surface area contributed by atoms with E-state index in [0.717, 1.165) is 21.4 Å². The molecule has 1 amide bonds. The van der Waals surface area contributed by atoms with E-state index >= 15 is 0 Å².